The van der Waals surface area contributed by atoms with E-state index in [1.807, 2.05) is 11.8 Å². The van der Waals surface area contributed by atoms with Crippen LogP contribution in [0.25, 0.3) is 0 Å². The van der Waals surface area contributed by atoms with Crippen LogP contribution in [-0.2, 0) is 0 Å². The topological polar surface area (TPSA) is 56.1 Å². The highest BCUT2D eigenvalue weighted by atomic mass is 32.2. The molecule has 0 unspecified atom stereocenters. The van der Waals surface area contributed by atoms with Crippen LogP contribution in [-0.4, -0.2) is 35.5 Å². The summed E-state index contributed by atoms with van der Waals surface area (Å²) in [4.78, 5) is 13.7. The second kappa shape index (κ2) is 5.60. The average molecular weight is 247 g/mol. The van der Waals surface area contributed by atoms with E-state index in [4.69, 9.17) is 5.26 Å². The summed E-state index contributed by atoms with van der Waals surface area (Å²) in [7, 11) is 0. The number of nitrogens with zero attached hydrogens (tertiary/aromatic N) is 2. The van der Waals surface area contributed by atoms with E-state index in [9.17, 15) is 4.79 Å². The van der Waals surface area contributed by atoms with E-state index in [2.05, 4.69) is 11.4 Å². The number of carbonyl (C=O) groups excluding carboxylic acids is 1. The molecule has 1 aliphatic heterocycles. The van der Waals surface area contributed by atoms with Crippen LogP contribution in [0, 0.1) is 11.3 Å². The van der Waals surface area contributed by atoms with E-state index in [-0.39, 0.29) is 6.03 Å². The van der Waals surface area contributed by atoms with Crippen LogP contribution in [0.1, 0.15) is 5.56 Å². The zero-order valence-corrected chi connectivity index (χ0v) is 10.2. The molecule has 1 aromatic rings. The molecule has 0 bridgehead atoms. The van der Waals surface area contributed by atoms with E-state index in [0.29, 0.717) is 11.3 Å². The lowest BCUT2D eigenvalue weighted by Crippen LogP contribution is -2.40. The van der Waals surface area contributed by atoms with Crippen molar-refractivity contribution in [2.45, 2.75) is 0 Å². The third-order valence-electron chi connectivity index (χ3n) is 2.54. The first-order valence-electron chi connectivity index (χ1n) is 5.43. The van der Waals surface area contributed by atoms with Gasteiger partial charge in [0.2, 0.25) is 0 Å². The third kappa shape index (κ3) is 3.14. The molecule has 1 aliphatic rings. The van der Waals surface area contributed by atoms with Crippen LogP contribution in [0.2, 0.25) is 0 Å². The maximum absolute atomic E-state index is 11.9. The summed E-state index contributed by atoms with van der Waals surface area (Å²) in [5.41, 5.74) is 1.23. The van der Waals surface area contributed by atoms with Crippen molar-refractivity contribution < 1.29 is 4.79 Å². The number of benzene rings is 1. The van der Waals surface area contributed by atoms with Crippen molar-refractivity contribution in [3.8, 4) is 6.07 Å². The Bertz CT molecular complexity index is 449. The first-order valence-corrected chi connectivity index (χ1v) is 6.59. The predicted molar refractivity (Wildman–Crippen MR) is 69.1 cm³/mol. The molecule has 0 saturated carbocycles. The summed E-state index contributed by atoms with van der Waals surface area (Å²) in [5, 5.41) is 11.6. The Hall–Kier alpha value is -1.67. The fraction of sp³-hybridized carbons (Fsp3) is 0.333. The zero-order valence-electron chi connectivity index (χ0n) is 9.35. The maximum Gasteiger partial charge on any atom is 0.321 e. The highest BCUT2D eigenvalue weighted by Gasteiger charge is 2.16. The van der Waals surface area contributed by atoms with E-state index in [1.165, 1.54) is 0 Å². The van der Waals surface area contributed by atoms with Gasteiger partial charge in [0.05, 0.1) is 11.6 Å². The van der Waals surface area contributed by atoms with Crippen LogP contribution in [0.3, 0.4) is 0 Å². The first-order chi connectivity index (χ1) is 8.29. The molecular weight excluding hydrogens is 234 g/mol. The Morgan fingerprint density at radius 1 is 1.41 bits per heavy atom. The highest BCUT2D eigenvalue weighted by Crippen LogP contribution is 2.13. The first kappa shape index (κ1) is 11.8. The van der Waals surface area contributed by atoms with Crippen molar-refractivity contribution in [3.05, 3.63) is 29.8 Å². The fourth-order valence-corrected chi connectivity index (χ4v) is 2.54. The van der Waals surface area contributed by atoms with Gasteiger partial charge in [0.25, 0.3) is 0 Å². The minimum absolute atomic E-state index is 0.0830. The SMILES string of the molecule is N#Cc1cccc(NC(=O)N2CCSCC2)c1. The van der Waals surface area contributed by atoms with Crippen LogP contribution in [0.5, 0.6) is 0 Å². The summed E-state index contributed by atoms with van der Waals surface area (Å²) in [6.45, 7) is 1.57. The molecule has 4 nitrogen and oxygen atoms in total. The Balaban J connectivity index is 1.99. The smallest absolute Gasteiger partial charge is 0.321 e. The van der Waals surface area contributed by atoms with Gasteiger partial charge in [-0.3, -0.25) is 0 Å². The number of rotatable bonds is 1. The molecule has 1 N–H and O–H groups in total. The Morgan fingerprint density at radius 2 is 2.18 bits per heavy atom. The highest BCUT2D eigenvalue weighted by molar-refractivity contribution is 7.99. The third-order valence-corrected chi connectivity index (χ3v) is 3.48. The second-order valence-electron chi connectivity index (χ2n) is 3.72. The minimum Gasteiger partial charge on any atom is -0.323 e. The summed E-state index contributed by atoms with van der Waals surface area (Å²) >= 11 is 1.86. The minimum atomic E-state index is -0.0830. The maximum atomic E-state index is 11.9. The fourth-order valence-electron chi connectivity index (χ4n) is 1.64. The van der Waals surface area contributed by atoms with Crippen molar-refractivity contribution in [3.63, 3.8) is 0 Å². The molecule has 1 saturated heterocycles. The van der Waals surface area contributed by atoms with Gasteiger partial charge in [0.15, 0.2) is 0 Å². The number of anilines is 1. The number of hydrogen-bond donors (Lipinski definition) is 1. The Kier molecular flexibility index (Phi) is 3.89. The van der Waals surface area contributed by atoms with Gasteiger partial charge in [0, 0.05) is 30.3 Å². The van der Waals surface area contributed by atoms with Gasteiger partial charge in [-0.2, -0.15) is 17.0 Å². The van der Waals surface area contributed by atoms with E-state index < -0.39 is 0 Å². The van der Waals surface area contributed by atoms with Gasteiger partial charge >= 0.3 is 6.03 Å². The molecule has 0 radical (unpaired) electrons. The molecule has 0 aliphatic carbocycles. The quantitative estimate of drug-likeness (QED) is 0.827. The van der Waals surface area contributed by atoms with Crippen molar-refractivity contribution in [2.24, 2.45) is 0 Å². The number of nitriles is 1. The molecule has 2 amide bonds. The number of nitrogens with one attached hydrogen (secondary N) is 1. The molecular formula is C12H13N3OS. The predicted octanol–water partition coefficient (Wildman–Crippen LogP) is 2.14. The molecule has 88 valence electrons. The molecule has 5 heteroatoms. The van der Waals surface area contributed by atoms with Gasteiger partial charge in [0.1, 0.15) is 0 Å². The Labute approximate surface area is 105 Å². The lowest BCUT2D eigenvalue weighted by atomic mass is 10.2. The number of carbonyl (C=O) groups is 1. The standard InChI is InChI=1S/C12H13N3OS/c13-9-10-2-1-3-11(8-10)14-12(16)15-4-6-17-7-5-15/h1-3,8H,4-7H2,(H,14,16). The van der Waals surface area contributed by atoms with Crippen molar-refractivity contribution in [1.29, 1.82) is 5.26 Å². The molecule has 1 fully saturated rings. The molecule has 0 spiro atoms. The second-order valence-corrected chi connectivity index (χ2v) is 4.95. The number of thioether (sulfide) groups is 1. The average Bonchev–Trinajstić information content (AvgIpc) is 2.40. The van der Waals surface area contributed by atoms with E-state index in [0.717, 1.165) is 24.6 Å². The van der Waals surface area contributed by atoms with Crippen LogP contribution in [0.4, 0.5) is 10.5 Å². The number of urea groups is 1. The molecule has 1 heterocycles. The number of hydrogen-bond acceptors (Lipinski definition) is 3. The van der Waals surface area contributed by atoms with Crippen LogP contribution >= 0.6 is 11.8 Å². The summed E-state index contributed by atoms with van der Waals surface area (Å²) in [6, 6.07) is 8.91. The monoisotopic (exact) mass is 247 g/mol. The Morgan fingerprint density at radius 3 is 2.88 bits per heavy atom. The molecule has 0 aromatic heterocycles. The van der Waals surface area contributed by atoms with Crippen molar-refractivity contribution >= 4 is 23.5 Å². The van der Waals surface area contributed by atoms with Gasteiger partial charge in [-0.1, -0.05) is 6.07 Å². The van der Waals surface area contributed by atoms with Crippen molar-refractivity contribution in [1.82, 2.24) is 4.90 Å². The zero-order chi connectivity index (χ0) is 12.1. The number of amides is 2. The van der Waals surface area contributed by atoms with Crippen LogP contribution < -0.4 is 5.32 Å². The molecule has 0 atom stereocenters. The van der Waals surface area contributed by atoms with Crippen LogP contribution in [0.15, 0.2) is 24.3 Å². The molecule has 2 rings (SSSR count). The van der Waals surface area contributed by atoms with E-state index >= 15 is 0 Å². The normalized spacial score (nSPS) is 15.1. The van der Waals surface area contributed by atoms with Gasteiger partial charge in [-0.15, -0.1) is 0 Å². The van der Waals surface area contributed by atoms with Crippen molar-refractivity contribution in [2.75, 3.05) is 29.9 Å². The van der Waals surface area contributed by atoms with Gasteiger partial charge in [-0.05, 0) is 18.2 Å². The summed E-state index contributed by atoms with van der Waals surface area (Å²) < 4.78 is 0. The molecule has 1 aromatic carbocycles. The lowest BCUT2D eigenvalue weighted by Gasteiger charge is -2.26. The molecule has 17 heavy (non-hydrogen) atoms. The summed E-state index contributed by atoms with van der Waals surface area (Å²) in [6.07, 6.45) is 0. The van der Waals surface area contributed by atoms with E-state index in [1.54, 1.807) is 29.2 Å². The van der Waals surface area contributed by atoms with Gasteiger partial charge in [-0.25, -0.2) is 4.79 Å². The summed E-state index contributed by atoms with van der Waals surface area (Å²) in [5.74, 6) is 1.98. The van der Waals surface area contributed by atoms with Gasteiger partial charge < -0.3 is 10.2 Å². The largest absolute Gasteiger partial charge is 0.323 e. The lowest BCUT2D eigenvalue weighted by molar-refractivity contribution is 0.217.